The van der Waals surface area contributed by atoms with Crippen molar-refractivity contribution in [3.05, 3.63) is 36.9 Å². The molecule has 0 rings (SSSR count). The Kier molecular flexibility index (Phi) is 5.53. The van der Waals surface area contributed by atoms with Crippen LogP contribution in [0.3, 0.4) is 0 Å². The Morgan fingerprint density at radius 2 is 1.78 bits per heavy atom. The van der Waals surface area contributed by atoms with Gasteiger partial charge in [0, 0.05) is 30.2 Å². The summed E-state index contributed by atoms with van der Waals surface area (Å²) < 4.78 is 0. The predicted octanol–water partition coefficient (Wildman–Crippen LogP) is 3.43. The molecule has 0 atom stereocenters. The monoisotopic (exact) mass is 252 g/mol. The molecule has 0 unspecified atom stereocenters. The van der Waals surface area contributed by atoms with Crippen LogP contribution in [0.5, 0.6) is 0 Å². The van der Waals surface area contributed by atoms with Gasteiger partial charge < -0.3 is 15.3 Å². The van der Waals surface area contributed by atoms with Crippen molar-refractivity contribution in [3.8, 4) is 0 Å². The molecule has 0 aliphatic rings. The van der Waals surface area contributed by atoms with Crippen molar-refractivity contribution in [1.29, 1.82) is 0 Å². The quantitative estimate of drug-likeness (QED) is 0.538. The lowest BCUT2D eigenvalue weighted by Gasteiger charge is -2.49. The van der Waals surface area contributed by atoms with Gasteiger partial charge in [-0.1, -0.05) is 26.5 Å². The molecule has 18 heavy (non-hydrogen) atoms. The highest BCUT2D eigenvalue weighted by Crippen LogP contribution is 2.36. The fourth-order valence-electron chi connectivity index (χ4n) is 1.66. The molecular weight excluding hydrogens is 224 g/mol. The first-order valence-corrected chi connectivity index (χ1v) is 6.23. The molecule has 0 saturated heterocycles. The molecular formula is C15H28N2O. The predicted molar refractivity (Wildman–Crippen MR) is 79.3 cm³/mol. The van der Waals surface area contributed by atoms with Crippen LogP contribution in [0.15, 0.2) is 36.9 Å². The first-order valence-electron chi connectivity index (χ1n) is 6.23. The minimum atomic E-state index is -0.119. The second-order valence-corrected chi connectivity index (χ2v) is 5.79. The van der Waals surface area contributed by atoms with E-state index in [-0.39, 0.29) is 16.8 Å². The van der Waals surface area contributed by atoms with Crippen molar-refractivity contribution in [2.24, 2.45) is 5.41 Å². The van der Waals surface area contributed by atoms with Crippen LogP contribution in [0.2, 0.25) is 0 Å². The van der Waals surface area contributed by atoms with Gasteiger partial charge in [-0.25, -0.2) is 0 Å². The summed E-state index contributed by atoms with van der Waals surface area (Å²) in [5.74, 6) is 0.00816. The Balaban J connectivity index is 4.97. The highest BCUT2D eigenvalue weighted by molar-refractivity contribution is 5.16. The summed E-state index contributed by atoms with van der Waals surface area (Å²) in [6.45, 7) is 18.8. The van der Waals surface area contributed by atoms with Gasteiger partial charge in [0.15, 0.2) is 5.88 Å². The third-order valence-electron chi connectivity index (χ3n) is 4.02. The van der Waals surface area contributed by atoms with Crippen LogP contribution in [-0.2, 0) is 0 Å². The zero-order chi connectivity index (χ0) is 14.6. The van der Waals surface area contributed by atoms with Crippen LogP contribution >= 0.6 is 0 Å². The summed E-state index contributed by atoms with van der Waals surface area (Å²) in [4.78, 5) is 2.16. The van der Waals surface area contributed by atoms with Crippen molar-refractivity contribution in [2.75, 3.05) is 13.6 Å². The molecule has 0 amide bonds. The van der Waals surface area contributed by atoms with Crippen molar-refractivity contribution in [3.63, 3.8) is 0 Å². The van der Waals surface area contributed by atoms with Gasteiger partial charge >= 0.3 is 0 Å². The molecule has 0 aliphatic carbocycles. The van der Waals surface area contributed by atoms with E-state index in [4.69, 9.17) is 5.11 Å². The largest absolute Gasteiger partial charge is 0.495 e. The molecule has 104 valence electrons. The molecule has 0 fully saturated rings. The van der Waals surface area contributed by atoms with E-state index in [2.05, 4.69) is 51.1 Å². The van der Waals surface area contributed by atoms with E-state index >= 15 is 0 Å². The first-order chi connectivity index (χ1) is 8.06. The number of aliphatic hydroxyl groups excluding tert-OH is 1. The number of nitrogens with one attached hydrogen (secondary N) is 1. The van der Waals surface area contributed by atoms with E-state index in [0.717, 1.165) is 5.70 Å². The summed E-state index contributed by atoms with van der Waals surface area (Å²) in [5, 5.41) is 12.1. The second-order valence-electron chi connectivity index (χ2n) is 5.79. The van der Waals surface area contributed by atoms with Gasteiger partial charge in [0.25, 0.3) is 0 Å². The summed E-state index contributed by atoms with van der Waals surface area (Å²) in [6, 6.07) is 0. The van der Waals surface area contributed by atoms with Crippen LogP contribution in [-0.4, -0.2) is 29.1 Å². The van der Waals surface area contributed by atoms with E-state index in [0.29, 0.717) is 6.54 Å². The van der Waals surface area contributed by atoms with Crippen molar-refractivity contribution in [2.45, 2.75) is 40.2 Å². The van der Waals surface area contributed by atoms with Gasteiger partial charge in [-0.05, 0) is 33.4 Å². The van der Waals surface area contributed by atoms with Crippen molar-refractivity contribution < 1.29 is 5.11 Å². The third-order valence-corrected chi connectivity index (χ3v) is 4.02. The summed E-state index contributed by atoms with van der Waals surface area (Å²) >= 11 is 0. The SMILES string of the molecule is C=C(O)NCC(C)(C)C(C)(C)N(C)C(=C)/C=C\C. The maximum atomic E-state index is 9.17. The number of hydrogen-bond acceptors (Lipinski definition) is 3. The number of nitrogens with zero attached hydrogens (tertiary/aromatic N) is 1. The Morgan fingerprint density at radius 1 is 1.28 bits per heavy atom. The summed E-state index contributed by atoms with van der Waals surface area (Å²) in [5.41, 5.74) is 0.780. The maximum Gasteiger partial charge on any atom is 0.176 e. The highest BCUT2D eigenvalue weighted by atomic mass is 16.3. The number of aliphatic hydroxyl groups is 1. The van der Waals surface area contributed by atoms with Gasteiger partial charge in [-0.2, -0.15) is 0 Å². The number of hydrogen-bond donors (Lipinski definition) is 2. The van der Waals surface area contributed by atoms with Gasteiger partial charge in [-0.15, -0.1) is 0 Å². The van der Waals surface area contributed by atoms with Crippen molar-refractivity contribution >= 4 is 0 Å². The number of rotatable bonds is 7. The minimum absolute atomic E-state index is 0.00816. The molecule has 0 spiro atoms. The molecule has 0 saturated carbocycles. The second kappa shape index (κ2) is 5.98. The van der Waals surface area contributed by atoms with Gasteiger partial charge in [0.2, 0.25) is 0 Å². The first kappa shape index (κ1) is 16.6. The average molecular weight is 252 g/mol. The zero-order valence-corrected chi connectivity index (χ0v) is 12.7. The molecule has 0 heterocycles. The van der Waals surface area contributed by atoms with Gasteiger partial charge in [0.05, 0.1) is 0 Å². The molecule has 0 aliphatic heterocycles. The van der Waals surface area contributed by atoms with Gasteiger partial charge in [0.1, 0.15) is 0 Å². The Morgan fingerprint density at radius 3 is 2.17 bits per heavy atom. The summed E-state index contributed by atoms with van der Waals surface area (Å²) in [7, 11) is 2.04. The van der Waals surface area contributed by atoms with E-state index < -0.39 is 0 Å². The normalized spacial score (nSPS) is 12.6. The van der Waals surface area contributed by atoms with Crippen LogP contribution in [0.1, 0.15) is 34.6 Å². The van der Waals surface area contributed by atoms with Crippen LogP contribution in [0, 0.1) is 5.41 Å². The van der Waals surface area contributed by atoms with Crippen LogP contribution < -0.4 is 5.32 Å². The topological polar surface area (TPSA) is 35.5 Å². The van der Waals surface area contributed by atoms with E-state index in [9.17, 15) is 0 Å². The smallest absolute Gasteiger partial charge is 0.176 e. The molecule has 0 aromatic rings. The highest BCUT2D eigenvalue weighted by Gasteiger charge is 2.40. The van der Waals surface area contributed by atoms with Gasteiger partial charge in [-0.3, -0.25) is 0 Å². The summed E-state index contributed by atoms with van der Waals surface area (Å²) in [6.07, 6.45) is 3.98. The Hall–Kier alpha value is -1.38. The van der Waals surface area contributed by atoms with Crippen LogP contribution in [0.4, 0.5) is 0 Å². The molecule has 2 N–H and O–H groups in total. The molecule has 0 bridgehead atoms. The standard InChI is InChI=1S/C15H28N2O/c1-9-10-12(2)17(8)15(6,7)14(4,5)11-16-13(3)18/h9-10,16,18H,2-3,11H2,1,4-8H3/b10-9-. The molecule has 0 aromatic heterocycles. The fraction of sp³-hybridized carbons (Fsp3) is 0.600. The molecule has 3 nitrogen and oxygen atoms in total. The lowest BCUT2D eigenvalue weighted by molar-refractivity contribution is 0.0586. The van der Waals surface area contributed by atoms with Crippen LogP contribution in [0.25, 0.3) is 0 Å². The number of likely N-dealkylation sites (N-methyl/N-ethyl adjacent to an activating group) is 1. The third kappa shape index (κ3) is 3.83. The zero-order valence-electron chi connectivity index (χ0n) is 12.7. The fourth-order valence-corrected chi connectivity index (χ4v) is 1.66. The molecule has 0 radical (unpaired) electrons. The van der Waals surface area contributed by atoms with E-state index in [1.807, 2.05) is 26.1 Å². The molecule has 0 aromatic carbocycles. The lowest BCUT2D eigenvalue weighted by Crippen LogP contribution is -2.55. The van der Waals surface area contributed by atoms with Crippen molar-refractivity contribution in [1.82, 2.24) is 10.2 Å². The number of allylic oxidation sites excluding steroid dienone is 2. The maximum absolute atomic E-state index is 9.17. The molecule has 3 heteroatoms. The van der Waals surface area contributed by atoms with E-state index in [1.165, 1.54) is 0 Å². The minimum Gasteiger partial charge on any atom is -0.495 e. The Bertz CT molecular complexity index is 340. The van der Waals surface area contributed by atoms with E-state index in [1.54, 1.807) is 0 Å². The Labute approximate surface area is 112 Å². The lowest BCUT2D eigenvalue weighted by atomic mass is 9.73. The average Bonchev–Trinajstić information content (AvgIpc) is 2.25.